The average molecular weight is 764 g/mol. The zero-order valence-corrected chi connectivity index (χ0v) is 36.2. The SMILES string of the molecule is CC/C=C\C/C=C\C/C=C\C/C=C\CCCCCCCCCCCCCCCCC(=O)NC(CO)C(O)/C=C/CC/C=C/CC/C=C/CCCCCCCC. The summed E-state index contributed by atoms with van der Waals surface area (Å²) >= 11 is 0. The van der Waals surface area contributed by atoms with Gasteiger partial charge in [0.05, 0.1) is 18.8 Å². The summed E-state index contributed by atoms with van der Waals surface area (Å²) in [6, 6.07) is -0.649. The van der Waals surface area contributed by atoms with Crippen LogP contribution in [0.2, 0.25) is 0 Å². The molecule has 0 bridgehead atoms. The predicted molar refractivity (Wildman–Crippen MR) is 243 cm³/mol. The van der Waals surface area contributed by atoms with E-state index in [0.717, 1.165) is 64.2 Å². The molecule has 0 aromatic heterocycles. The van der Waals surface area contributed by atoms with Crippen molar-refractivity contribution in [1.29, 1.82) is 0 Å². The molecule has 2 atom stereocenters. The highest BCUT2D eigenvalue weighted by Gasteiger charge is 2.17. The largest absolute Gasteiger partial charge is 0.394 e. The van der Waals surface area contributed by atoms with E-state index in [-0.39, 0.29) is 12.5 Å². The Kier molecular flexibility index (Phi) is 43.9. The van der Waals surface area contributed by atoms with Crippen LogP contribution in [0.25, 0.3) is 0 Å². The molecule has 3 N–H and O–H groups in total. The van der Waals surface area contributed by atoms with Crippen LogP contribution in [-0.4, -0.2) is 34.9 Å². The summed E-state index contributed by atoms with van der Waals surface area (Å²) in [7, 11) is 0. The Morgan fingerprint density at radius 3 is 1.27 bits per heavy atom. The van der Waals surface area contributed by atoms with E-state index in [1.54, 1.807) is 6.08 Å². The van der Waals surface area contributed by atoms with E-state index in [0.29, 0.717) is 6.42 Å². The van der Waals surface area contributed by atoms with Gasteiger partial charge in [0, 0.05) is 6.42 Å². The van der Waals surface area contributed by atoms with Crippen LogP contribution in [0.3, 0.4) is 0 Å². The predicted octanol–water partition coefficient (Wildman–Crippen LogP) is 14.9. The first-order valence-electron chi connectivity index (χ1n) is 23.3. The number of aliphatic hydroxyl groups is 2. The fourth-order valence-electron chi connectivity index (χ4n) is 6.55. The maximum absolute atomic E-state index is 12.4. The van der Waals surface area contributed by atoms with E-state index in [4.69, 9.17) is 0 Å². The summed E-state index contributed by atoms with van der Waals surface area (Å²) in [6.07, 6.45) is 67.0. The van der Waals surface area contributed by atoms with Gasteiger partial charge in [-0.05, 0) is 83.5 Å². The third-order valence-corrected chi connectivity index (χ3v) is 10.1. The molecule has 0 heterocycles. The third kappa shape index (κ3) is 42.6. The van der Waals surface area contributed by atoms with E-state index in [2.05, 4.69) is 92.1 Å². The molecule has 0 aliphatic rings. The Bertz CT molecular complexity index is 1000. The quantitative estimate of drug-likeness (QED) is 0.0429. The highest BCUT2D eigenvalue weighted by molar-refractivity contribution is 5.76. The molecule has 55 heavy (non-hydrogen) atoms. The zero-order valence-electron chi connectivity index (χ0n) is 36.2. The normalized spacial score (nSPS) is 13.7. The fraction of sp³-hybridized carbons (Fsp3) is 0.706. The van der Waals surface area contributed by atoms with Crippen LogP contribution < -0.4 is 5.32 Å². The van der Waals surface area contributed by atoms with Gasteiger partial charge in [0.2, 0.25) is 5.91 Å². The van der Waals surface area contributed by atoms with Gasteiger partial charge < -0.3 is 15.5 Å². The Balaban J connectivity index is 3.60. The third-order valence-electron chi connectivity index (χ3n) is 10.1. The van der Waals surface area contributed by atoms with Crippen molar-refractivity contribution in [2.75, 3.05) is 6.61 Å². The topological polar surface area (TPSA) is 69.6 Å². The summed E-state index contributed by atoms with van der Waals surface area (Å²) in [4.78, 5) is 12.4. The molecule has 4 heteroatoms. The highest BCUT2D eigenvalue weighted by atomic mass is 16.3. The number of amides is 1. The van der Waals surface area contributed by atoms with Crippen molar-refractivity contribution in [3.8, 4) is 0 Å². The van der Waals surface area contributed by atoms with Crippen molar-refractivity contribution in [3.05, 3.63) is 85.1 Å². The number of unbranched alkanes of at least 4 members (excludes halogenated alkanes) is 22. The van der Waals surface area contributed by atoms with E-state index in [9.17, 15) is 15.0 Å². The summed E-state index contributed by atoms with van der Waals surface area (Å²) in [5, 5.41) is 23.0. The summed E-state index contributed by atoms with van der Waals surface area (Å²) < 4.78 is 0. The molecular weight excluding hydrogens is 675 g/mol. The molecule has 316 valence electrons. The lowest BCUT2D eigenvalue weighted by Crippen LogP contribution is -2.45. The Labute approximate surface area is 341 Å². The van der Waals surface area contributed by atoms with Gasteiger partial charge in [-0.1, -0.05) is 208 Å². The van der Waals surface area contributed by atoms with Gasteiger partial charge in [-0.2, -0.15) is 0 Å². The second-order valence-electron chi connectivity index (χ2n) is 15.4. The van der Waals surface area contributed by atoms with Crippen LogP contribution in [0.1, 0.15) is 213 Å². The minimum atomic E-state index is -0.873. The van der Waals surface area contributed by atoms with Crippen molar-refractivity contribution < 1.29 is 15.0 Å². The minimum absolute atomic E-state index is 0.0821. The standard InChI is InChI=1S/C51H89NO3/c1-3-5-7-9-11-13-15-17-19-21-22-23-24-25-26-27-28-29-30-31-33-35-37-39-41-43-45-47-51(55)52-49(48-53)50(54)46-44-42-40-38-36-34-32-20-18-16-14-12-10-8-6-4-2/h5,7,11,13,17-20,22-23,36,38,44,46,49-50,53-54H,3-4,6,8-10,12,14-16,21,24-35,37,39-43,45,47-48H2,1-2H3,(H,52,55)/b7-5-,13-11-,19-17-,20-18+,23-22-,38-36+,46-44+. The molecule has 0 saturated carbocycles. The maximum Gasteiger partial charge on any atom is 0.220 e. The highest BCUT2D eigenvalue weighted by Crippen LogP contribution is 2.14. The molecule has 0 spiro atoms. The number of carbonyl (C=O) groups excluding carboxylic acids is 1. The number of carbonyl (C=O) groups is 1. The molecule has 0 aliphatic carbocycles. The number of aliphatic hydroxyl groups excluding tert-OH is 2. The lowest BCUT2D eigenvalue weighted by Gasteiger charge is -2.19. The number of rotatable bonds is 41. The van der Waals surface area contributed by atoms with Gasteiger partial charge in [-0.25, -0.2) is 0 Å². The fourth-order valence-corrected chi connectivity index (χ4v) is 6.55. The molecule has 0 aromatic carbocycles. The molecule has 2 unspecified atom stereocenters. The Morgan fingerprint density at radius 1 is 0.455 bits per heavy atom. The van der Waals surface area contributed by atoms with Crippen molar-refractivity contribution in [1.82, 2.24) is 5.32 Å². The first kappa shape index (κ1) is 52.6. The molecule has 1 amide bonds. The Hall–Kier alpha value is -2.43. The van der Waals surface area contributed by atoms with Gasteiger partial charge in [-0.15, -0.1) is 0 Å². The van der Waals surface area contributed by atoms with Crippen LogP contribution in [-0.2, 0) is 4.79 Å². The van der Waals surface area contributed by atoms with Gasteiger partial charge >= 0.3 is 0 Å². The maximum atomic E-state index is 12.4. The number of hydrogen-bond donors (Lipinski definition) is 3. The van der Waals surface area contributed by atoms with E-state index < -0.39 is 12.1 Å². The lowest BCUT2D eigenvalue weighted by molar-refractivity contribution is -0.123. The molecular formula is C51H89NO3. The summed E-state index contributed by atoms with van der Waals surface area (Å²) in [5.41, 5.74) is 0. The second kappa shape index (κ2) is 46.0. The van der Waals surface area contributed by atoms with Gasteiger partial charge in [0.25, 0.3) is 0 Å². The van der Waals surface area contributed by atoms with E-state index in [1.165, 1.54) is 128 Å². The smallest absolute Gasteiger partial charge is 0.220 e. The van der Waals surface area contributed by atoms with Crippen molar-refractivity contribution in [2.24, 2.45) is 0 Å². The molecule has 0 fully saturated rings. The van der Waals surface area contributed by atoms with Gasteiger partial charge in [-0.3, -0.25) is 4.79 Å². The summed E-state index contributed by atoms with van der Waals surface area (Å²) in [5.74, 6) is -0.0821. The lowest BCUT2D eigenvalue weighted by atomic mass is 10.0. The van der Waals surface area contributed by atoms with Crippen molar-refractivity contribution in [3.63, 3.8) is 0 Å². The van der Waals surface area contributed by atoms with Gasteiger partial charge in [0.15, 0.2) is 0 Å². The number of nitrogens with one attached hydrogen (secondary N) is 1. The van der Waals surface area contributed by atoms with Crippen LogP contribution in [0.15, 0.2) is 85.1 Å². The van der Waals surface area contributed by atoms with Crippen molar-refractivity contribution in [2.45, 2.75) is 225 Å². The molecule has 0 radical (unpaired) electrons. The zero-order chi connectivity index (χ0) is 40.0. The molecule has 0 saturated heterocycles. The first-order valence-corrected chi connectivity index (χ1v) is 23.3. The molecule has 0 aliphatic heterocycles. The average Bonchev–Trinajstić information content (AvgIpc) is 3.19. The first-order chi connectivity index (χ1) is 27.2. The monoisotopic (exact) mass is 764 g/mol. The molecule has 4 nitrogen and oxygen atoms in total. The summed E-state index contributed by atoms with van der Waals surface area (Å²) in [6.45, 7) is 4.16. The van der Waals surface area contributed by atoms with Crippen LogP contribution >= 0.6 is 0 Å². The Morgan fingerprint density at radius 2 is 0.818 bits per heavy atom. The molecule has 0 aromatic rings. The molecule has 0 rings (SSSR count). The second-order valence-corrected chi connectivity index (χ2v) is 15.4. The minimum Gasteiger partial charge on any atom is -0.394 e. The van der Waals surface area contributed by atoms with Crippen LogP contribution in [0.4, 0.5) is 0 Å². The van der Waals surface area contributed by atoms with Crippen LogP contribution in [0.5, 0.6) is 0 Å². The number of hydrogen-bond acceptors (Lipinski definition) is 3. The van der Waals surface area contributed by atoms with Crippen LogP contribution in [0, 0.1) is 0 Å². The van der Waals surface area contributed by atoms with Crippen molar-refractivity contribution >= 4 is 5.91 Å². The van der Waals surface area contributed by atoms with Gasteiger partial charge in [0.1, 0.15) is 0 Å². The number of allylic oxidation sites excluding steroid dienone is 13. The van der Waals surface area contributed by atoms with E-state index in [1.807, 2.05) is 6.08 Å². The van der Waals surface area contributed by atoms with E-state index >= 15 is 0 Å².